The van der Waals surface area contributed by atoms with E-state index in [4.69, 9.17) is 0 Å². The molecule has 0 aromatic heterocycles. The van der Waals surface area contributed by atoms with Crippen LogP contribution in [0.4, 0.5) is 0 Å². The van der Waals surface area contributed by atoms with Gasteiger partial charge < -0.3 is 10.2 Å². The maximum absolute atomic E-state index is 3.67. The number of nitrogens with zero attached hydrogens (tertiary/aromatic N) is 2. The molecule has 1 aliphatic carbocycles. The highest BCUT2D eigenvalue weighted by Crippen LogP contribution is 2.37. The van der Waals surface area contributed by atoms with Gasteiger partial charge in [-0.1, -0.05) is 13.8 Å². The van der Waals surface area contributed by atoms with E-state index in [1.807, 2.05) is 0 Å². The van der Waals surface area contributed by atoms with E-state index in [-0.39, 0.29) is 0 Å². The molecule has 0 radical (unpaired) electrons. The fourth-order valence-corrected chi connectivity index (χ4v) is 3.33. The van der Waals surface area contributed by atoms with E-state index >= 15 is 0 Å². The smallest absolute Gasteiger partial charge is 0.0330 e. The maximum Gasteiger partial charge on any atom is 0.0330 e. The molecule has 1 heterocycles. The molecular formula is C14H29N3. The minimum Gasteiger partial charge on any atom is -0.310 e. The Kier molecular flexibility index (Phi) is 4.11. The van der Waals surface area contributed by atoms with Gasteiger partial charge in [0.25, 0.3) is 0 Å². The lowest BCUT2D eigenvalue weighted by molar-refractivity contribution is 0.0266. The van der Waals surface area contributed by atoms with Crippen LogP contribution in [0.1, 0.15) is 39.5 Å². The number of likely N-dealkylation sites (tertiary alicyclic amines) is 1. The quantitative estimate of drug-likeness (QED) is 0.785. The van der Waals surface area contributed by atoms with Gasteiger partial charge in [-0.15, -0.1) is 0 Å². The first-order chi connectivity index (χ1) is 8.02. The number of hydrogen-bond acceptors (Lipinski definition) is 3. The van der Waals surface area contributed by atoms with Gasteiger partial charge in [0.1, 0.15) is 0 Å². The van der Waals surface area contributed by atoms with Crippen molar-refractivity contribution in [3.8, 4) is 0 Å². The van der Waals surface area contributed by atoms with Crippen molar-refractivity contribution >= 4 is 0 Å². The van der Waals surface area contributed by atoms with Gasteiger partial charge >= 0.3 is 0 Å². The van der Waals surface area contributed by atoms with Crippen molar-refractivity contribution in [3.05, 3.63) is 0 Å². The standard InChI is InChI=1S/C14H29N3/c1-12(2)15-13-6-9-17(10-13)11-14(16(3)4)7-5-8-14/h12-13,15H,5-11H2,1-4H3. The first-order valence-electron chi connectivity index (χ1n) is 7.18. The monoisotopic (exact) mass is 239 g/mol. The van der Waals surface area contributed by atoms with Crippen molar-refractivity contribution in [2.75, 3.05) is 33.7 Å². The molecule has 1 N–H and O–H groups in total. The summed E-state index contributed by atoms with van der Waals surface area (Å²) in [7, 11) is 4.50. The lowest BCUT2D eigenvalue weighted by Crippen LogP contribution is -2.57. The molecule has 0 spiro atoms. The van der Waals surface area contributed by atoms with Crippen molar-refractivity contribution in [3.63, 3.8) is 0 Å². The van der Waals surface area contributed by atoms with E-state index in [1.54, 1.807) is 0 Å². The average Bonchev–Trinajstić information content (AvgIpc) is 2.57. The molecule has 2 aliphatic rings. The van der Waals surface area contributed by atoms with E-state index in [1.165, 1.54) is 45.3 Å². The Labute approximate surface area is 107 Å². The molecule has 0 bridgehead atoms. The van der Waals surface area contributed by atoms with Gasteiger partial charge in [-0.05, 0) is 46.3 Å². The number of nitrogens with one attached hydrogen (secondary N) is 1. The van der Waals surface area contributed by atoms with Crippen LogP contribution in [-0.4, -0.2) is 61.2 Å². The van der Waals surface area contributed by atoms with Crippen molar-refractivity contribution in [2.45, 2.75) is 57.2 Å². The molecule has 1 saturated heterocycles. The van der Waals surface area contributed by atoms with Gasteiger partial charge in [0.15, 0.2) is 0 Å². The second-order valence-electron chi connectivity index (χ2n) is 6.51. The van der Waals surface area contributed by atoms with E-state index in [0.29, 0.717) is 17.6 Å². The van der Waals surface area contributed by atoms with E-state index < -0.39 is 0 Å². The molecule has 1 saturated carbocycles. The Morgan fingerprint density at radius 2 is 2.06 bits per heavy atom. The van der Waals surface area contributed by atoms with Crippen LogP contribution in [0.3, 0.4) is 0 Å². The Morgan fingerprint density at radius 1 is 1.35 bits per heavy atom. The summed E-state index contributed by atoms with van der Waals surface area (Å²) in [6.45, 7) is 8.29. The van der Waals surface area contributed by atoms with Gasteiger partial charge in [-0.25, -0.2) is 0 Å². The molecule has 1 unspecified atom stereocenters. The number of rotatable bonds is 5. The minimum absolute atomic E-state index is 0.493. The molecule has 0 amide bonds. The largest absolute Gasteiger partial charge is 0.310 e. The van der Waals surface area contributed by atoms with E-state index in [0.717, 1.165) is 0 Å². The Morgan fingerprint density at radius 3 is 2.53 bits per heavy atom. The predicted molar refractivity (Wildman–Crippen MR) is 73.4 cm³/mol. The lowest BCUT2D eigenvalue weighted by atomic mass is 9.75. The summed E-state index contributed by atoms with van der Waals surface area (Å²) in [5.41, 5.74) is 0.493. The third kappa shape index (κ3) is 3.01. The highest BCUT2D eigenvalue weighted by atomic mass is 15.3. The average molecular weight is 239 g/mol. The molecule has 1 atom stereocenters. The Hall–Kier alpha value is -0.120. The molecule has 17 heavy (non-hydrogen) atoms. The zero-order valence-electron chi connectivity index (χ0n) is 12.0. The van der Waals surface area contributed by atoms with Crippen LogP contribution >= 0.6 is 0 Å². The van der Waals surface area contributed by atoms with Gasteiger partial charge in [-0.3, -0.25) is 4.90 Å². The summed E-state index contributed by atoms with van der Waals surface area (Å²) in [5, 5.41) is 3.67. The normalized spacial score (nSPS) is 28.9. The van der Waals surface area contributed by atoms with Gasteiger partial charge in [0, 0.05) is 30.7 Å². The maximum atomic E-state index is 3.67. The van der Waals surface area contributed by atoms with Crippen molar-refractivity contribution < 1.29 is 0 Å². The predicted octanol–water partition coefficient (Wildman–Crippen LogP) is 1.54. The van der Waals surface area contributed by atoms with Crippen LogP contribution in [0.25, 0.3) is 0 Å². The third-order valence-electron chi connectivity index (χ3n) is 4.59. The number of hydrogen-bond donors (Lipinski definition) is 1. The lowest BCUT2D eigenvalue weighted by Gasteiger charge is -2.49. The molecule has 3 heteroatoms. The van der Waals surface area contributed by atoms with Crippen LogP contribution in [0.5, 0.6) is 0 Å². The van der Waals surface area contributed by atoms with Crippen LogP contribution in [0.15, 0.2) is 0 Å². The summed E-state index contributed by atoms with van der Waals surface area (Å²) in [4.78, 5) is 5.12. The Balaban J connectivity index is 1.81. The first kappa shape index (κ1) is 13.3. The number of likely N-dealkylation sites (N-methyl/N-ethyl adjacent to an activating group) is 1. The molecular weight excluding hydrogens is 210 g/mol. The molecule has 0 aromatic rings. The van der Waals surface area contributed by atoms with Crippen LogP contribution < -0.4 is 5.32 Å². The summed E-state index contributed by atoms with van der Waals surface area (Å²) in [5.74, 6) is 0. The summed E-state index contributed by atoms with van der Waals surface area (Å²) < 4.78 is 0. The SMILES string of the molecule is CC(C)NC1CCN(CC2(N(C)C)CCC2)C1. The second-order valence-corrected chi connectivity index (χ2v) is 6.51. The van der Waals surface area contributed by atoms with E-state index in [2.05, 4.69) is 43.1 Å². The van der Waals surface area contributed by atoms with Crippen LogP contribution in [-0.2, 0) is 0 Å². The third-order valence-corrected chi connectivity index (χ3v) is 4.59. The molecule has 1 aliphatic heterocycles. The minimum atomic E-state index is 0.493. The zero-order chi connectivity index (χ0) is 12.5. The highest BCUT2D eigenvalue weighted by Gasteiger charge is 2.41. The zero-order valence-corrected chi connectivity index (χ0v) is 12.0. The van der Waals surface area contributed by atoms with E-state index in [9.17, 15) is 0 Å². The topological polar surface area (TPSA) is 18.5 Å². The summed E-state index contributed by atoms with van der Waals surface area (Å²) >= 11 is 0. The van der Waals surface area contributed by atoms with Crippen LogP contribution in [0.2, 0.25) is 0 Å². The molecule has 2 rings (SSSR count). The highest BCUT2D eigenvalue weighted by molar-refractivity contribution is 4.99. The van der Waals surface area contributed by atoms with Gasteiger partial charge in [0.05, 0.1) is 0 Å². The van der Waals surface area contributed by atoms with Crippen molar-refractivity contribution in [1.29, 1.82) is 0 Å². The molecule has 3 nitrogen and oxygen atoms in total. The summed E-state index contributed by atoms with van der Waals surface area (Å²) in [6.07, 6.45) is 5.51. The van der Waals surface area contributed by atoms with Gasteiger partial charge in [0.2, 0.25) is 0 Å². The summed E-state index contributed by atoms with van der Waals surface area (Å²) in [6, 6.07) is 1.33. The van der Waals surface area contributed by atoms with Crippen molar-refractivity contribution in [2.24, 2.45) is 0 Å². The Bertz CT molecular complexity index is 246. The molecule has 0 aromatic carbocycles. The van der Waals surface area contributed by atoms with Crippen LogP contribution in [0, 0.1) is 0 Å². The fourth-order valence-electron chi connectivity index (χ4n) is 3.33. The van der Waals surface area contributed by atoms with Gasteiger partial charge in [-0.2, -0.15) is 0 Å². The molecule has 2 fully saturated rings. The second kappa shape index (κ2) is 5.25. The first-order valence-corrected chi connectivity index (χ1v) is 7.18. The van der Waals surface area contributed by atoms with Crippen molar-refractivity contribution in [1.82, 2.24) is 15.1 Å². The molecule has 100 valence electrons. The fraction of sp³-hybridized carbons (Fsp3) is 1.00.